The summed E-state index contributed by atoms with van der Waals surface area (Å²) in [5.41, 5.74) is 5.46. The lowest BCUT2D eigenvalue weighted by atomic mass is 9.92. The van der Waals surface area contributed by atoms with Crippen molar-refractivity contribution in [2.24, 2.45) is 0 Å². The number of ketones is 1. The number of unbranched alkanes of at least 4 members (excludes halogenated alkanes) is 3. The monoisotopic (exact) mass is 537 g/mol. The number of para-hydroxylation sites is 1. The first-order chi connectivity index (χ1) is 18.3. The van der Waals surface area contributed by atoms with Crippen LogP contribution in [-0.2, 0) is 4.79 Å². The van der Waals surface area contributed by atoms with Crippen LogP contribution in [0, 0.1) is 0 Å². The molecular formula is C32H47N3O2S. The van der Waals surface area contributed by atoms with Gasteiger partial charge in [0.2, 0.25) is 5.91 Å². The fourth-order valence-electron chi connectivity index (χ4n) is 5.07. The Morgan fingerprint density at radius 3 is 2.03 bits per heavy atom. The standard InChI is InChI=1S/C32H47N3O2S/c1-24(2)29-11-10-12-30(25(3)4)32(29)33-31(37)23-38-22-9-7-6-8-17-34-18-20-35(21-19-34)28-15-13-27(14-16-28)26(5)36/h10-16,24-25H,6-9,17-23H2,1-5H3,(H,33,37). The molecule has 6 heteroatoms. The van der Waals surface area contributed by atoms with E-state index in [4.69, 9.17) is 0 Å². The van der Waals surface area contributed by atoms with Gasteiger partial charge in [0.1, 0.15) is 0 Å². The second kappa shape index (κ2) is 15.3. The van der Waals surface area contributed by atoms with Crippen LogP contribution in [0.2, 0.25) is 0 Å². The first kappa shape index (κ1) is 30.2. The lowest BCUT2D eigenvalue weighted by Gasteiger charge is -2.36. The quantitative estimate of drug-likeness (QED) is 0.204. The number of nitrogens with one attached hydrogen (secondary N) is 1. The second-order valence-electron chi connectivity index (χ2n) is 11.1. The molecule has 1 N–H and O–H groups in total. The van der Waals surface area contributed by atoms with Gasteiger partial charge in [0, 0.05) is 43.1 Å². The summed E-state index contributed by atoms with van der Waals surface area (Å²) in [6, 6.07) is 14.4. The van der Waals surface area contributed by atoms with E-state index in [2.05, 4.69) is 73.1 Å². The number of Topliss-reactive ketones (excluding diaryl/α,β-unsaturated/α-hetero) is 1. The van der Waals surface area contributed by atoms with E-state index in [1.165, 1.54) is 49.0 Å². The molecule has 208 valence electrons. The number of nitrogens with zero attached hydrogens (tertiary/aromatic N) is 2. The molecule has 0 saturated carbocycles. The zero-order valence-electron chi connectivity index (χ0n) is 24.1. The highest BCUT2D eigenvalue weighted by molar-refractivity contribution is 7.99. The van der Waals surface area contributed by atoms with Crippen LogP contribution in [0.3, 0.4) is 0 Å². The van der Waals surface area contributed by atoms with Crippen molar-refractivity contribution >= 4 is 34.8 Å². The summed E-state index contributed by atoms with van der Waals surface area (Å²) in [5.74, 6) is 2.55. The fourth-order valence-corrected chi connectivity index (χ4v) is 5.88. The number of carbonyl (C=O) groups is 2. The molecule has 2 aromatic rings. The van der Waals surface area contributed by atoms with Crippen molar-refractivity contribution in [3.8, 4) is 0 Å². The second-order valence-corrected chi connectivity index (χ2v) is 12.2. The zero-order chi connectivity index (χ0) is 27.5. The number of benzene rings is 2. The topological polar surface area (TPSA) is 52.7 Å². The molecule has 1 aliphatic rings. The molecular weight excluding hydrogens is 490 g/mol. The van der Waals surface area contributed by atoms with Crippen LogP contribution in [0.4, 0.5) is 11.4 Å². The van der Waals surface area contributed by atoms with Gasteiger partial charge in [0.05, 0.1) is 5.75 Å². The maximum absolute atomic E-state index is 12.7. The molecule has 3 rings (SSSR count). The zero-order valence-corrected chi connectivity index (χ0v) is 24.9. The molecule has 0 unspecified atom stereocenters. The Morgan fingerprint density at radius 2 is 1.45 bits per heavy atom. The number of carbonyl (C=O) groups excluding carboxylic acids is 2. The SMILES string of the molecule is CC(=O)c1ccc(N2CCN(CCCCCCSCC(=O)Nc3c(C(C)C)cccc3C(C)C)CC2)cc1. The molecule has 0 radical (unpaired) electrons. The highest BCUT2D eigenvalue weighted by Gasteiger charge is 2.18. The molecule has 0 bridgehead atoms. The summed E-state index contributed by atoms with van der Waals surface area (Å²) in [6.45, 7) is 15.8. The minimum atomic E-state index is 0.110. The average molecular weight is 538 g/mol. The average Bonchev–Trinajstić information content (AvgIpc) is 2.90. The fraction of sp³-hybridized carbons (Fsp3) is 0.562. The Bertz CT molecular complexity index is 1000. The molecule has 0 atom stereocenters. The molecule has 0 spiro atoms. The van der Waals surface area contributed by atoms with Gasteiger partial charge in [-0.3, -0.25) is 14.5 Å². The molecule has 1 fully saturated rings. The maximum Gasteiger partial charge on any atom is 0.234 e. The van der Waals surface area contributed by atoms with Crippen molar-refractivity contribution in [3.05, 3.63) is 59.2 Å². The number of amides is 1. The highest BCUT2D eigenvalue weighted by atomic mass is 32.2. The van der Waals surface area contributed by atoms with Gasteiger partial charge in [0.25, 0.3) is 0 Å². The smallest absolute Gasteiger partial charge is 0.234 e. The third kappa shape index (κ3) is 9.16. The Labute approximate surface area is 234 Å². The predicted molar refractivity (Wildman–Crippen MR) is 164 cm³/mol. The molecule has 1 aliphatic heterocycles. The molecule has 1 amide bonds. The Balaban J connectivity index is 1.26. The van der Waals surface area contributed by atoms with Gasteiger partial charge in [-0.15, -0.1) is 0 Å². The van der Waals surface area contributed by atoms with Crippen LogP contribution in [0.15, 0.2) is 42.5 Å². The van der Waals surface area contributed by atoms with Gasteiger partial charge in [0.15, 0.2) is 5.78 Å². The van der Waals surface area contributed by atoms with E-state index in [0.29, 0.717) is 17.6 Å². The first-order valence-corrected chi connectivity index (χ1v) is 15.5. The highest BCUT2D eigenvalue weighted by Crippen LogP contribution is 2.32. The summed E-state index contributed by atoms with van der Waals surface area (Å²) in [6.07, 6.45) is 4.88. The largest absolute Gasteiger partial charge is 0.369 e. The van der Waals surface area contributed by atoms with Crippen molar-refractivity contribution in [2.75, 3.05) is 54.4 Å². The van der Waals surface area contributed by atoms with Gasteiger partial charge in [-0.2, -0.15) is 11.8 Å². The van der Waals surface area contributed by atoms with Gasteiger partial charge >= 0.3 is 0 Å². The molecule has 2 aromatic carbocycles. The van der Waals surface area contributed by atoms with Gasteiger partial charge in [-0.1, -0.05) is 58.7 Å². The van der Waals surface area contributed by atoms with E-state index in [-0.39, 0.29) is 11.7 Å². The molecule has 1 heterocycles. The summed E-state index contributed by atoms with van der Waals surface area (Å²) < 4.78 is 0. The van der Waals surface area contributed by atoms with Crippen LogP contribution >= 0.6 is 11.8 Å². The van der Waals surface area contributed by atoms with Gasteiger partial charge in [-0.05, 0) is 79.3 Å². The number of thioether (sulfide) groups is 1. The Morgan fingerprint density at radius 1 is 0.842 bits per heavy atom. The Hall–Kier alpha value is -2.31. The van der Waals surface area contributed by atoms with E-state index in [9.17, 15) is 9.59 Å². The lowest BCUT2D eigenvalue weighted by Crippen LogP contribution is -2.46. The van der Waals surface area contributed by atoms with Crippen LogP contribution in [-0.4, -0.2) is 60.8 Å². The van der Waals surface area contributed by atoms with E-state index >= 15 is 0 Å². The van der Waals surface area contributed by atoms with Crippen molar-refractivity contribution in [1.82, 2.24) is 4.90 Å². The number of piperazine rings is 1. The number of hydrogen-bond acceptors (Lipinski definition) is 5. The van der Waals surface area contributed by atoms with Crippen LogP contribution < -0.4 is 10.2 Å². The van der Waals surface area contributed by atoms with Crippen molar-refractivity contribution in [3.63, 3.8) is 0 Å². The maximum atomic E-state index is 12.7. The molecule has 1 saturated heterocycles. The molecule has 38 heavy (non-hydrogen) atoms. The van der Waals surface area contributed by atoms with Crippen LogP contribution in [0.5, 0.6) is 0 Å². The van der Waals surface area contributed by atoms with Gasteiger partial charge < -0.3 is 10.2 Å². The normalized spacial score (nSPS) is 14.3. The van der Waals surface area contributed by atoms with Crippen molar-refractivity contribution in [2.45, 2.75) is 72.1 Å². The summed E-state index contributed by atoms with van der Waals surface area (Å²) in [5, 5.41) is 3.23. The first-order valence-electron chi connectivity index (χ1n) is 14.3. The van der Waals surface area contributed by atoms with Crippen molar-refractivity contribution < 1.29 is 9.59 Å². The summed E-state index contributed by atoms with van der Waals surface area (Å²) in [4.78, 5) is 29.1. The summed E-state index contributed by atoms with van der Waals surface area (Å²) >= 11 is 1.75. The Kier molecular flexibility index (Phi) is 12.2. The van der Waals surface area contributed by atoms with E-state index in [1.54, 1.807) is 18.7 Å². The summed E-state index contributed by atoms with van der Waals surface area (Å²) in [7, 11) is 0. The van der Waals surface area contributed by atoms with Gasteiger partial charge in [-0.25, -0.2) is 0 Å². The third-order valence-corrected chi connectivity index (χ3v) is 8.44. The minimum Gasteiger partial charge on any atom is -0.369 e. The lowest BCUT2D eigenvalue weighted by molar-refractivity contribution is -0.113. The van der Waals surface area contributed by atoms with Crippen LogP contribution in [0.1, 0.15) is 93.6 Å². The molecule has 0 aromatic heterocycles. The van der Waals surface area contributed by atoms with Crippen LogP contribution in [0.25, 0.3) is 0 Å². The van der Waals surface area contributed by atoms with Crippen molar-refractivity contribution in [1.29, 1.82) is 0 Å². The number of anilines is 2. The van der Waals surface area contributed by atoms with E-state index in [1.807, 2.05) is 12.1 Å². The van der Waals surface area contributed by atoms with E-state index in [0.717, 1.165) is 43.2 Å². The molecule has 0 aliphatic carbocycles. The third-order valence-electron chi connectivity index (χ3n) is 7.39. The predicted octanol–water partition coefficient (Wildman–Crippen LogP) is 7.19. The molecule has 5 nitrogen and oxygen atoms in total. The minimum absolute atomic E-state index is 0.110. The van der Waals surface area contributed by atoms with E-state index < -0.39 is 0 Å². The number of hydrogen-bond donors (Lipinski definition) is 1. The number of rotatable bonds is 14.